The first-order valence-electron chi connectivity index (χ1n) is 9.85. The summed E-state index contributed by atoms with van der Waals surface area (Å²) in [7, 11) is 0. The molecular weight excluding hydrogens is 456 g/mol. The van der Waals surface area contributed by atoms with Gasteiger partial charge in [0.1, 0.15) is 34.5 Å². The number of hydrogen-bond donors (Lipinski definition) is 4. The van der Waals surface area contributed by atoms with Crippen molar-refractivity contribution in [2.24, 2.45) is 0 Å². The van der Waals surface area contributed by atoms with E-state index in [9.17, 15) is 20.1 Å². The molecule has 0 bridgehead atoms. The zero-order valence-corrected chi connectivity index (χ0v) is 18.3. The summed E-state index contributed by atoms with van der Waals surface area (Å²) in [6.45, 7) is -0.487. The van der Waals surface area contributed by atoms with Gasteiger partial charge in [0.15, 0.2) is 6.23 Å². The third-order valence-corrected chi connectivity index (χ3v) is 5.79. The summed E-state index contributed by atoms with van der Waals surface area (Å²) in [5, 5.41) is 30.2. The van der Waals surface area contributed by atoms with Crippen molar-refractivity contribution in [3.8, 4) is 11.5 Å². The molecular formula is C22H21ClN2O6S. The summed E-state index contributed by atoms with van der Waals surface area (Å²) in [6, 6.07) is 14.4. The largest absolute Gasteiger partial charge is 0.457 e. The summed E-state index contributed by atoms with van der Waals surface area (Å²) in [5.74, 6) is 1.26. The molecule has 1 saturated heterocycles. The fourth-order valence-corrected chi connectivity index (χ4v) is 3.87. The van der Waals surface area contributed by atoms with Crippen LogP contribution in [-0.4, -0.2) is 49.8 Å². The van der Waals surface area contributed by atoms with Crippen LogP contribution in [0.5, 0.6) is 11.5 Å². The number of benzene rings is 2. The van der Waals surface area contributed by atoms with Gasteiger partial charge in [0.05, 0.1) is 6.61 Å². The molecule has 10 heteroatoms. The summed E-state index contributed by atoms with van der Waals surface area (Å²) >= 11 is 11.2. The van der Waals surface area contributed by atoms with E-state index in [0.29, 0.717) is 28.5 Å². The lowest BCUT2D eigenvalue weighted by Gasteiger charge is -2.18. The second-order valence-electron chi connectivity index (χ2n) is 7.43. The quantitative estimate of drug-likeness (QED) is 0.404. The van der Waals surface area contributed by atoms with Gasteiger partial charge < -0.3 is 24.8 Å². The van der Waals surface area contributed by atoms with Gasteiger partial charge in [-0.15, -0.1) is 0 Å². The molecule has 0 amide bonds. The zero-order valence-electron chi connectivity index (χ0n) is 16.7. The molecule has 3 aromatic rings. The Morgan fingerprint density at radius 3 is 2.56 bits per heavy atom. The third-order valence-electron chi connectivity index (χ3n) is 5.18. The molecule has 4 N–H and O–H groups in total. The van der Waals surface area contributed by atoms with Crippen LogP contribution in [0.2, 0.25) is 5.02 Å². The van der Waals surface area contributed by atoms with Crippen LogP contribution in [0.25, 0.3) is 0 Å². The van der Waals surface area contributed by atoms with Gasteiger partial charge in [-0.2, -0.15) is 0 Å². The van der Waals surface area contributed by atoms with E-state index in [0.717, 1.165) is 10.1 Å². The lowest BCUT2D eigenvalue weighted by molar-refractivity contribution is -0.0551. The fraction of sp³-hybridized carbons (Fsp3) is 0.273. The molecule has 0 unspecified atom stereocenters. The molecule has 4 rings (SSSR count). The van der Waals surface area contributed by atoms with Crippen LogP contribution in [0.15, 0.2) is 59.5 Å². The SMILES string of the molecule is O=c1[nH]c(=S)c(Cc2cccc(Oc3ccc(Cl)cc3)c2)cn1[C@@H]1O[C@H](CO)[C@@H](O)[C@H]1O. The van der Waals surface area contributed by atoms with Crippen molar-refractivity contribution in [3.05, 3.63) is 86.0 Å². The lowest BCUT2D eigenvalue weighted by Crippen LogP contribution is -2.36. The summed E-state index contributed by atoms with van der Waals surface area (Å²) in [4.78, 5) is 15.0. The third kappa shape index (κ3) is 4.78. The van der Waals surface area contributed by atoms with Crippen molar-refractivity contribution >= 4 is 23.8 Å². The van der Waals surface area contributed by atoms with Crippen molar-refractivity contribution in [2.45, 2.75) is 31.0 Å². The number of halogens is 1. The summed E-state index contributed by atoms with van der Waals surface area (Å²) in [6.07, 6.45) is -2.96. The van der Waals surface area contributed by atoms with Gasteiger partial charge in [-0.25, -0.2) is 4.79 Å². The summed E-state index contributed by atoms with van der Waals surface area (Å²) in [5.41, 5.74) is 0.900. The topological polar surface area (TPSA) is 117 Å². The van der Waals surface area contributed by atoms with Gasteiger partial charge in [0, 0.05) is 23.2 Å². The molecule has 1 fully saturated rings. The van der Waals surface area contributed by atoms with E-state index >= 15 is 0 Å². The standard InChI is InChI=1S/C22H21ClN2O6S/c23-14-4-6-15(7-5-14)30-16-3-1-2-12(9-16)8-13-10-25(22(29)24-20(13)32)21-19(28)18(27)17(11-26)31-21/h1-7,9-10,17-19,21,26-28H,8,11H2,(H,24,29,32)/t17-,18-,19-,21-/m1/s1. The molecule has 32 heavy (non-hydrogen) atoms. The van der Waals surface area contributed by atoms with Gasteiger partial charge in [0.2, 0.25) is 0 Å². The molecule has 0 spiro atoms. The molecule has 0 radical (unpaired) electrons. The average molecular weight is 477 g/mol. The van der Waals surface area contributed by atoms with Gasteiger partial charge in [0.25, 0.3) is 0 Å². The minimum atomic E-state index is -1.38. The first kappa shape index (κ1) is 22.7. The Morgan fingerprint density at radius 2 is 1.88 bits per heavy atom. The van der Waals surface area contributed by atoms with Gasteiger partial charge in [-0.05, 0) is 42.0 Å². The maximum Gasteiger partial charge on any atom is 0.328 e. The average Bonchev–Trinajstić information content (AvgIpc) is 3.06. The van der Waals surface area contributed by atoms with Crippen molar-refractivity contribution in [3.63, 3.8) is 0 Å². The number of aromatic nitrogens is 2. The van der Waals surface area contributed by atoms with Gasteiger partial charge in [-0.1, -0.05) is 36.0 Å². The van der Waals surface area contributed by atoms with Crippen molar-refractivity contribution in [1.82, 2.24) is 9.55 Å². The first-order chi connectivity index (χ1) is 15.4. The molecule has 2 aromatic carbocycles. The van der Waals surface area contributed by atoms with E-state index in [2.05, 4.69) is 4.98 Å². The minimum absolute atomic E-state index is 0.252. The fourth-order valence-electron chi connectivity index (χ4n) is 3.53. The smallest absolute Gasteiger partial charge is 0.328 e. The number of ether oxygens (including phenoxy) is 2. The maximum atomic E-state index is 12.4. The number of aliphatic hydroxyl groups is 3. The molecule has 0 saturated carbocycles. The number of rotatable bonds is 6. The molecule has 168 valence electrons. The predicted molar refractivity (Wildman–Crippen MR) is 120 cm³/mol. The molecule has 1 aliphatic rings. The van der Waals surface area contributed by atoms with Crippen LogP contribution < -0.4 is 10.4 Å². The Hall–Kier alpha value is -2.53. The van der Waals surface area contributed by atoms with Crippen molar-refractivity contribution in [2.75, 3.05) is 6.61 Å². The number of aromatic amines is 1. The molecule has 2 heterocycles. The van der Waals surface area contributed by atoms with E-state index in [-0.39, 0.29) is 4.64 Å². The molecule has 0 aliphatic carbocycles. The highest BCUT2D eigenvalue weighted by atomic mass is 35.5. The van der Waals surface area contributed by atoms with E-state index in [1.54, 1.807) is 24.3 Å². The maximum absolute atomic E-state index is 12.4. The predicted octanol–water partition coefficient (Wildman–Crippen LogP) is 2.55. The first-order valence-corrected chi connectivity index (χ1v) is 10.6. The van der Waals surface area contributed by atoms with Crippen LogP contribution in [-0.2, 0) is 11.2 Å². The Morgan fingerprint density at radius 1 is 1.12 bits per heavy atom. The van der Waals surface area contributed by atoms with Crippen molar-refractivity contribution < 1.29 is 24.8 Å². The molecule has 4 atom stereocenters. The number of H-pyrrole nitrogens is 1. The lowest BCUT2D eigenvalue weighted by atomic mass is 10.1. The van der Waals surface area contributed by atoms with Crippen LogP contribution in [0.4, 0.5) is 0 Å². The van der Waals surface area contributed by atoms with Crippen LogP contribution in [0.3, 0.4) is 0 Å². The zero-order chi connectivity index (χ0) is 22.8. The van der Waals surface area contributed by atoms with E-state index in [4.69, 9.17) is 33.3 Å². The molecule has 8 nitrogen and oxygen atoms in total. The van der Waals surface area contributed by atoms with E-state index < -0.39 is 36.8 Å². The van der Waals surface area contributed by atoms with Crippen LogP contribution in [0.1, 0.15) is 17.4 Å². The second kappa shape index (κ2) is 9.53. The van der Waals surface area contributed by atoms with Gasteiger partial charge in [-0.3, -0.25) is 9.55 Å². The monoisotopic (exact) mass is 476 g/mol. The number of aliphatic hydroxyl groups excluding tert-OH is 3. The highest BCUT2D eigenvalue weighted by molar-refractivity contribution is 7.71. The van der Waals surface area contributed by atoms with Crippen LogP contribution in [0, 0.1) is 4.64 Å². The number of nitrogens with zero attached hydrogens (tertiary/aromatic N) is 1. The Labute approximate surface area is 193 Å². The molecule has 1 aromatic heterocycles. The van der Waals surface area contributed by atoms with Crippen LogP contribution >= 0.6 is 23.8 Å². The second-order valence-corrected chi connectivity index (χ2v) is 8.27. The number of nitrogens with one attached hydrogen (secondary N) is 1. The Balaban J connectivity index is 1.58. The minimum Gasteiger partial charge on any atom is -0.457 e. The Bertz CT molecular complexity index is 1210. The highest BCUT2D eigenvalue weighted by Crippen LogP contribution is 2.29. The number of hydrogen-bond acceptors (Lipinski definition) is 7. The van der Waals surface area contributed by atoms with Gasteiger partial charge >= 0.3 is 5.69 Å². The van der Waals surface area contributed by atoms with E-state index in [1.807, 2.05) is 24.3 Å². The van der Waals surface area contributed by atoms with Crippen molar-refractivity contribution in [1.29, 1.82) is 0 Å². The highest BCUT2D eigenvalue weighted by Gasteiger charge is 2.43. The summed E-state index contributed by atoms with van der Waals surface area (Å²) < 4.78 is 12.7. The molecule has 1 aliphatic heterocycles. The normalized spacial score (nSPS) is 22.8. The Kier molecular flexibility index (Phi) is 6.75. The van der Waals surface area contributed by atoms with E-state index in [1.165, 1.54) is 6.20 Å².